The normalized spacial score (nSPS) is 15.9. The Morgan fingerprint density at radius 2 is 2.25 bits per heavy atom. The highest BCUT2D eigenvalue weighted by atomic mass is 79.9. The molecule has 0 radical (unpaired) electrons. The highest BCUT2D eigenvalue weighted by Crippen LogP contribution is 2.40. The lowest BCUT2D eigenvalue weighted by molar-refractivity contribution is 0.400. The summed E-state index contributed by atoms with van der Waals surface area (Å²) < 4.78 is 32.7. The first kappa shape index (κ1) is 11.7. The first-order valence-corrected chi connectivity index (χ1v) is 6.99. The van der Waals surface area contributed by atoms with Gasteiger partial charge >= 0.3 is 0 Å². The van der Waals surface area contributed by atoms with E-state index < -0.39 is 10.0 Å². The van der Waals surface area contributed by atoms with Gasteiger partial charge in [-0.1, -0.05) is 11.8 Å². The van der Waals surface area contributed by atoms with Gasteiger partial charge in [0.15, 0.2) is 5.88 Å². The van der Waals surface area contributed by atoms with Gasteiger partial charge in [0.2, 0.25) is 0 Å². The largest absolute Gasteiger partial charge is 0.572 e. The molecule has 0 bridgehead atoms. The molecule has 0 aromatic carbocycles. The van der Waals surface area contributed by atoms with Gasteiger partial charge in [-0.15, -0.1) is 0 Å². The topological polar surface area (TPSA) is 70.4 Å². The number of pyridine rings is 1. The molecule has 0 saturated heterocycles. The standard InChI is InChI=1S/C9H10BrN2O3S/c1-15-9-8(4-6(10)5-11-9)12-16(13,14)7-2-3-7/h4-5,7H,2-3H2,1H3/q-1. The Morgan fingerprint density at radius 1 is 1.56 bits per heavy atom. The van der Waals surface area contributed by atoms with E-state index in [1.165, 1.54) is 13.3 Å². The first-order valence-electron chi connectivity index (χ1n) is 4.69. The molecule has 16 heavy (non-hydrogen) atoms. The number of hydrogen-bond acceptors (Lipinski definition) is 4. The van der Waals surface area contributed by atoms with Gasteiger partial charge < -0.3 is 9.46 Å². The smallest absolute Gasteiger partial charge is 0.198 e. The van der Waals surface area contributed by atoms with E-state index in [1.54, 1.807) is 6.07 Å². The van der Waals surface area contributed by atoms with Crippen LogP contribution < -0.4 is 4.74 Å². The van der Waals surface area contributed by atoms with Crippen molar-refractivity contribution in [1.29, 1.82) is 0 Å². The molecular formula is C9H10BrN2O3S-. The van der Waals surface area contributed by atoms with Crippen LogP contribution in [0.25, 0.3) is 4.72 Å². The summed E-state index contributed by atoms with van der Waals surface area (Å²) in [6.07, 6.45) is 2.91. The predicted octanol–water partition coefficient (Wildman–Crippen LogP) is 2.35. The molecule has 7 heteroatoms. The van der Waals surface area contributed by atoms with Crippen molar-refractivity contribution in [1.82, 2.24) is 4.98 Å². The summed E-state index contributed by atoms with van der Waals surface area (Å²) in [5.74, 6) is 0.215. The van der Waals surface area contributed by atoms with E-state index in [-0.39, 0.29) is 16.8 Å². The molecule has 0 spiro atoms. The Morgan fingerprint density at radius 3 is 2.81 bits per heavy atom. The van der Waals surface area contributed by atoms with Crippen LogP contribution in [0.4, 0.5) is 5.69 Å². The second-order valence-electron chi connectivity index (χ2n) is 3.49. The molecule has 1 aromatic heterocycles. The van der Waals surface area contributed by atoms with Gasteiger partial charge in [-0.2, -0.15) is 0 Å². The fraction of sp³-hybridized carbons (Fsp3) is 0.444. The minimum absolute atomic E-state index is 0.215. The Labute approximate surface area is 102 Å². The molecule has 0 aliphatic heterocycles. The van der Waals surface area contributed by atoms with Crippen molar-refractivity contribution < 1.29 is 13.2 Å². The molecule has 1 saturated carbocycles. The molecule has 1 heterocycles. The Bertz CT molecular complexity index is 499. The number of hydrogen-bond donors (Lipinski definition) is 0. The van der Waals surface area contributed by atoms with E-state index in [9.17, 15) is 8.42 Å². The van der Waals surface area contributed by atoms with Gasteiger partial charge in [0.25, 0.3) is 0 Å². The molecule has 1 fully saturated rings. The molecular weight excluding hydrogens is 296 g/mol. The predicted molar refractivity (Wildman–Crippen MR) is 63.4 cm³/mol. The summed E-state index contributed by atoms with van der Waals surface area (Å²) >= 11 is 3.21. The van der Waals surface area contributed by atoms with Gasteiger partial charge in [-0.3, -0.25) is 0 Å². The van der Waals surface area contributed by atoms with Crippen molar-refractivity contribution in [3.8, 4) is 5.88 Å². The Hall–Kier alpha value is -0.820. The molecule has 0 N–H and O–H groups in total. The first-order chi connectivity index (χ1) is 7.53. The zero-order valence-corrected chi connectivity index (χ0v) is 11.0. The molecule has 0 atom stereocenters. The molecule has 1 aliphatic carbocycles. The van der Waals surface area contributed by atoms with E-state index in [1.807, 2.05) is 0 Å². The Balaban J connectivity index is 2.29. The summed E-state index contributed by atoms with van der Waals surface area (Å²) in [6, 6.07) is 1.58. The average Bonchev–Trinajstić information content (AvgIpc) is 3.00. The fourth-order valence-corrected chi connectivity index (χ4v) is 2.82. The van der Waals surface area contributed by atoms with Crippen LogP contribution in [0.15, 0.2) is 16.7 Å². The average molecular weight is 306 g/mol. The lowest BCUT2D eigenvalue weighted by Crippen LogP contribution is -2.03. The number of methoxy groups -OCH3 is 1. The van der Waals surface area contributed by atoms with E-state index in [0.29, 0.717) is 17.3 Å². The number of halogens is 1. The third-order valence-corrected chi connectivity index (χ3v) is 4.36. The van der Waals surface area contributed by atoms with Crippen LogP contribution >= 0.6 is 15.9 Å². The number of ether oxygens (including phenoxy) is 1. The third kappa shape index (κ3) is 2.46. The molecule has 2 rings (SSSR count). The van der Waals surface area contributed by atoms with Crippen LogP contribution in [0.2, 0.25) is 0 Å². The van der Waals surface area contributed by atoms with Crippen LogP contribution in [0.3, 0.4) is 0 Å². The molecule has 0 amide bonds. The highest BCUT2D eigenvalue weighted by molar-refractivity contribution is 9.10. The third-order valence-electron chi connectivity index (χ3n) is 2.16. The van der Waals surface area contributed by atoms with Crippen LogP contribution in [-0.4, -0.2) is 25.8 Å². The minimum atomic E-state index is -3.41. The van der Waals surface area contributed by atoms with Crippen LogP contribution in [-0.2, 0) is 10.0 Å². The summed E-state index contributed by atoms with van der Waals surface area (Å²) in [5, 5.41) is -0.323. The summed E-state index contributed by atoms with van der Waals surface area (Å²) in [7, 11) is -1.98. The van der Waals surface area contributed by atoms with Gasteiger partial charge in [0.05, 0.1) is 17.1 Å². The van der Waals surface area contributed by atoms with E-state index in [2.05, 4.69) is 25.6 Å². The maximum Gasteiger partial charge on any atom is 0.198 e. The van der Waals surface area contributed by atoms with Gasteiger partial charge in [-0.05, 0) is 28.8 Å². The molecule has 5 nitrogen and oxygen atoms in total. The monoisotopic (exact) mass is 305 g/mol. The van der Waals surface area contributed by atoms with E-state index in [4.69, 9.17) is 4.74 Å². The SMILES string of the molecule is COc1ncc(Br)cc1[N-]S(=O)(=O)C1CC1. The molecule has 0 unspecified atom stereocenters. The molecule has 1 aromatic rings. The van der Waals surface area contributed by atoms with Gasteiger partial charge in [0, 0.05) is 15.9 Å². The van der Waals surface area contributed by atoms with Crippen molar-refractivity contribution in [2.75, 3.05) is 7.11 Å². The van der Waals surface area contributed by atoms with Crippen LogP contribution in [0.5, 0.6) is 5.88 Å². The second kappa shape index (κ2) is 4.21. The lowest BCUT2D eigenvalue weighted by Gasteiger charge is -2.23. The maximum absolute atomic E-state index is 11.7. The molecule has 1 aliphatic rings. The quantitative estimate of drug-likeness (QED) is 0.856. The summed E-state index contributed by atoms with van der Waals surface area (Å²) in [6.45, 7) is 0. The van der Waals surface area contributed by atoms with Crippen LogP contribution in [0, 0.1) is 0 Å². The highest BCUT2D eigenvalue weighted by Gasteiger charge is 2.30. The summed E-state index contributed by atoms with van der Waals surface area (Å²) in [4.78, 5) is 3.93. The second-order valence-corrected chi connectivity index (χ2v) is 6.28. The number of aromatic nitrogens is 1. The Kier molecular flexibility index (Phi) is 3.07. The van der Waals surface area contributed by atoms with Gasteiger partial charge in [0.1, 0.15) is 0 Å². The van der Waals surface area contributed by atoms with Crippen molar-refractivity contribution in [2.45, 2.75) is 18.1 Å². The van der Waals surface area contributed by atoms with Crippen molar-refractivity contribution in [3.05, 3.63) is 21.5 Å². The number of rotatable bonds is 4. The van der Waals surface area contributed by atoms with Gasteiger partial charge in [-0.25, -0.2) is 13.4 Å². The van der Waals surface area contributed by atoms with Crippen molar-refractivity contribution in [3.63, 3.8) is 0 Å². The van der Waals surface area contributed by atoms with Crippen molar-refractivity contribution in [2.24, 2.45) is 0 Å². The fourth-order valence-electron chi connectivity index (χ4n) is 1.22. The number of sulfonamides is 1. The zero-order valence-electron chi connectivity index (χ0n) is 8.55. The zero-order chi connectivity index (χ0) is 11.8. The van der Waals surface area contributed by atoms with Crippen LogP contribution in [0.1, 0.15) is 12.8 Å². The van der Waals surface area contributed by atoms with E-state index >= 15 is 0 Å². The minimum Gasteiger partial charge on any atom is -0.572 e. The number of nitrogens with zero attached hydrogens (tertiary/aromatic N) is 2. The lowest BCUT2D eigenvalue weighted by atomic mass is 10.4. The van der Waals surface area contributed by atoms with E-state index in [0.717, 1.165) is 0 Å². The maximum atomic E-state index is 11.7. The summed E-state index contributed by atoms with van der Waals surface area (Å²) in [5.41, 5.74) is 0.240. The molecule has 88 valence electrons. The van der Waals surface area contributed by atoms with Crippen molar-refractivity contribution >= 4 is 31.6 Å².